The lowest BCUT2D eigenvalue weighted by Crippen LogP contribution is -2.23. The van der Waals surface area contributed by atoms with E-state index in [2.05, 4.69) is 15.5 Å². The van der Waals surface area contributed by atoms with Crippen LogP contribution in [0.1, 0.15) is 44.6 Å². The Balaban J connectivity index is 1.67. The summed E-state index contributed by atoms with van der Waals surface area (Å²) in [4.78, 5) is 16.5. The number of anilines is 2. The Morgan fingerprint density at radius 1 is 1.37 bits per heavy atom. The van der Waals surface area contributed by atoms with E-state index in [0.29, 0.717) is 29.1 Å². The molecular formula is C19H24N4O3S. The van der Waals surface area contributed by atoms with Gasteiger partial charge in [0.2, 0.25) is 5.13 Å². The van der Waals surface area contributed by atoms with Gasteiger partial charge in [-0.05, 0) is 43.5 Å². The van der Waals surface area contributed by atoms with Gasteiger partial charge in [-0.3, -0.25) is 10.2 Å². The van der Waals surface area contributed by atoms with E-state index >= 15 is 0 Å². The molecule has 0 bridgehead atoms. The predicted octanol–water partition coefficient (Wildman–Crippen LogP) is 4.06. The molecule has 0 aliphatic heterocycles. The summed E-state index contributed by atoms with van der Waals surface area (Å²) in [6, 6.07) is 5.37. The maximum absolute atomic E-state index is 12.4. The third-order valence-corrected chi connectivity index (χ3v) is 5.08. The highest BCUT2D eigenvalue weighted by molar-refractivity contribution is 7.14. The van der Waals surface area contributed by atoms with Crippen LogP contribution in [0, 0.1) is 5.92 Å². The number of hydrogen-bond donors (Lipinski definition) is 2. The van der Waals surface area contributed by atoms with Crippen molar-refractivity contribution in [3.05, 3.63) is 29.1 Å². The predicted molar refractivity (Wildman–Crippen MR) is 108 cm³/mol. The van der Waals surface area contributed by atoms with Crippen molar-refractivity contribution in [2.75, 3.05) is 17.8 Å². The normalized spacial score (nSPS) is 15.0. The molecule has 1 aromatic heterocycles. The van der Waals surface area contributed by atoms with Gasteiger partial charge in [-0.1, -0.05) is 19.3 Å². The molecule has 1 aliphatic rings. The molecule has 1 saturated carbocycles. The molecule has 7 nitrogen and oxygen atoms in total. The second-order valence-corrected chi connectivity index (χ2v) is 7.20. The van der Waals surface area contributed by atoms with Gasteiger partial charge in [0.15, 0.2) is 11.5 Å². The minimum Gasteiger partial charge on any atom is -0.490 e. The molecule has 27 heavy (non-hydrogen) atoms. The van der Waals surface area contributed by atoms with Crippen molar-refractivity contribution in [2.45, 2.75) is 39.0 Å². The lowest BCUT2D eigenvalue weighted by atomic mass is 9.89. The highest BCUT2D eigenvalue weighted by Crippen LogP contribution is 2.31. The molecule has 1 heterocycles. The van der Waals surface area contributed by atoms with Crippen LogP contribution in [0.25, 0.3) is 0 Å². The van der Waals surface area contributed by atoms with Gasteiger partial charge in [-0.15, -0.1) is 11.3 Å². The number of ether oxygens (including phenoxy) is 2. The summed E-state index contributed by atoms with van der Waals surface area (Å²) >= 11 is 1.38. The quantitative estimate of drug-likeness (QED) is 0.321. The summed E-state index contributed by atoms with van der Waals surface area (Å²) in [6.45, 7) is 2.37. The number of carbonyl (C=O) groups is 1. The summed E-state index contributed by atoms with van der Waals surface area (Å²) in [6.07, 6.45) is 6.83. The number of nitrogens with one attached hydrogen (secondary N) is 1. The Bertz CT molecular complexity index is 800. The zero-order chi connectivity index (χ0) is 19.1. The molecule has 1 aliphatic carbocycles. The van der Waals surface area contributed by atoms with Crippen LogP contribution in [-0.4, -0.2) is 23.8 Å². The van der Waals surface area contributed by atoms with Crippen LogP contribution in [-0.2, 0) is 4.79 Å². The van der Waals surface area contributed by atoms with Gasteiger partial charge in [-0.2, -0.15) is 5.10 Å². The molecule has 144 valence electrons. The number of benzene rings is 1. The molecular weight excluding hydrogens is 364 g/mol. The van der Waals surface area contributed by atoms with Crippen LogP contribution < -0.4 is 20.6 Å². The smallest absolute Gasteiger partial charge is 0.314 e. The number of nitrogens with zero attached hydrogens (tertiary/aromatic N) is 2. The van der Waals surface area contributed by atoms with Crippen molar-refractivity contribution in [2.24, 2.45) is 11.0 Å². The van der Waals surface area contributed by atoms with E-state index in [1.165, 1.54) is 17.8 Å². The summed E-state index contributed by atoms with van der Waals surface area (Å²) < 4.78 is 11.3. The fourth-order valence-corrected chi connectivity index (χ4v) is 3.54. The van der Waals surface area contributed by atoms with E-state index in [9.17, 15) is 4.79 Å². The molecule has 1 aromatic carbocycles. The van der Waals surface area contributed by atoms with E-state index in [1.54, 1.807) is 23.7 Å². The lowest BCUT2D eigenvalue weighted by Gasteiger charge is -2.20. The number of nitrogen functional groups attached to an aromatic ring is 1. The molecule has 1 fully saturated rings. The second-order valence-electron chi connectivity index (χ2n) is 6.34. The van der Waals surface area contributed by atoms with E-state index < -0.39 is 0 Å². The summed E-state index contributed by atoms with van der Waals surface area (Å²) in [7, 11) is 0. The molecule has 0 saturated heterocycles. The zero-order valence-electron chi connectivity index (χ0n) is 15.3. The first-order valence-corrected chi connectivity index (χ1v) is 10.0. The Kier molecular flexibility index (Phi) is 6.64. The lowest BCUT2D eigenvalue weighted by molar-refractivity contribution is -0.140. The number of carbonyl (C=O) groups excluding carboxylic acids is 1. The molecule has 0 atom stereocenters. The third-order valence-electron chi connectivity index (χ3n) is 4.31. The molecule has 0 unspecified atom stereocenters. The van der Waals surface area contributed by atoms with Gasteiger partial charge >= 0.3 is 5.97 Å². The van der Waals surface area contributed by atoms with Gasteiger partial charge < -0.3 is 15.2 Å². The van der Waals surface area contributed by atoms with E-state index in [-0.39, 0.29) is 11.9 Å². The molecule has 3 N–H and O–H groups in total. The van der Waals surface area contributed by atoms with Gasteiger partial charge in [0.1, 0.15) is 5.82 Å². The molecule has 8 heteroatoms. The summed E-state index contributed by atoms with van der Waals surface area (Å²) in [5.41, 5.74) is 9.21. The highest BCUT2D eigenvalue weighted by atomic mass is 32.1. The number of hydrogen-bond acceptors (Lipinski definition) is 8. The van der Waals surface area contributed by atoms with Crippen LogP contribution in [0.4, 0.5) is 10.9 Å². The minimum atomic E-state index is -0.167. The van der Waals surface area contributed by atoms with Crippen molar-refractivity contribution >= 4 is 34.5 Å². The standard InChI is InChI=1S/C19H24N4O3S/c1-2-25-16-10-13(11-21-23-19-22-17(20)12-27-19)8-9-15(16)26-18(24)14-6-4-3-5-7-14/h8-12,14H,2-7,20H2,1H3,(H,22,23). The average molecular weight is 388 g/mol. The van der Waals surface area contributed by atoms with Crippen LogP contribution in [0.15, 0.2) is 28.7 Å². The fourth-order valence-electron chi connectivity index (χ4n) is 2.99. The number of nitrogens with two attached hydrogens (primary N) is 1. The van der Waals surface area contributed by atoms with Crippen LogP contribution >= 0.6 is 11.3 Å². The van der Waals surface area contributed by atoms with Gasteiger partial charge in [-0.25, -0.2) is 4.98 Å². The molecule has 0 spiro atoms. The largest absolute Gasteiger partial charge is 0.490 e. The van der Waals surface area contributed by atoms with E-state index in [0.717, 1.165) is 31.2 Å². The van der Waals surface area contributed by atoms with Gasteiger partial charge in [0.25, 0.3) is 0 Å². The fraction of sp³-hybridized carbons (Fsp3) is 0.421. The van der Waals surface area contributed by atoms with Crippen molar-refractivity contribution < 1.29 is 14.3 Å². The van der Waals surface area contributed by atoms with Crippen molar-refractivity contribution in [3.8, 4) is 11.5 Å². The first-order chi connectivity index (χ1) is 13.2. The Labute approximate surface area is 162 Å². The van der Waals surface area contributed by atoms with Gasteiger partial charge in [0, 0.05) is 5.38 Å². The first-order valence-electron chi connectivity index (χ1n) is 9.14. The maximum atomic E-state index is 12.4. The van der Waals surface area contributed by atoms with Crippen LogP contribution in [0.5, 0.6) is 11.5 Å². The number of hydrazone groups is 1. The Morgan fingerprint density at radius 2 is 2.19 bits per heavy atom. The molecule has 0 radical (unpaired) electrons. The Hall–Kier alpha value is -2.61. The zero-order valence-corrected chi connectivity index (χ0v) is 16.1. The molecule has 3 rings (SSSR count). The van der Waals surface area contributed by atoms with E-state index in [1.807, 2.05) is 13.0 Å². The monoisotopic (exact) mass is 388 g/mol. The van der Waals surface area contributed by atoms with Crippen LogP contribution in [0.3, 0.4) is 0 Å². The first kappa shape index (κ1) is 19.2. The topological polar surface area (TPSA) is 98.8 Å². The van der Waals surface area contributed by atoms with Crippen LogP contribution in [0.2, 0.25) is 0 Å². The SMILES string of the molecule is CCOc1cc(C=NNc2nc(N)cs2)ccc1OC(=O)C1CCCCC1. The average Bonchev–Trinajstić information content (AvgIpc) is 3.10. The van der Waals surface area contributed by atoms with Crippen molar-refractivity contribution in [3.63, 3.8) is 0 Å². The number of rotatable bonds is 7. The number of thiazole rings is 1. The summed E-state index contributed by atoms with van der Waals surface area (Å²) in [5.74, 6) is 1.26. The number of aromatic nitrogens is 1. The van der Waals surface area contributed by atoms with E-state index in [4.69, 9.17) is 15.2 Å². The summed E-state index contributed by atoms with van der Waals surface area (Å²) in [5, 5.41) is 6.50. The molecule has 2 aromatic rings. The van der Waals surface area contributed by atoms with Gasteiger partial charge in [0.05, 0.1) is 18.7 Å². The second kappa shape index (κ2) is 9.36. The number of esters is 1. The van der Waals surface area contributed by atoms with Crippen molar-refractivity contribution in [1.82, 2.24) is 4.98 Å². The minimum absolute atomic E-state index is 0.00982. The maximum Gasteiger partial charge on any atom is 0.314 e. The highest BCUT2D eigenvalue weighted by Gasteiger charge is 2.24. The molecule has 0 amide bonds. The van der Waals surface area contributed by atoms with Crippen molar-refractivity contribution in [1.29, 1.82) is 0 Å². The Morgan fingerprint density at radius 3 is 2.89 bits per heavy atom. The third kappa shape index (κ3) is 5.43.